The van der Waals surface area contributed by atoms with Gasteiger partial charge in [0.2, 0.25) is 0 Å². The fourth-order valence-corrected chi connectivity index (χ4v) is 2.55. The molecule has 0 N–H and O–H groups in total. The highest BCUT2D eigenvalue weighted by molar-refractivity contribution is 6.32. The molecule has 1 fully saturated rings. The second kappa shape index (κ2) is 6.70. The number of benzene rings is 1. The maximum Gasteiger partial charge on any atom is 0.338 e. The Hall–Kier alpha value is -1.62. The molecule has 6 heteroatoms. The van der Waals surface area contributed by atoms with Crippen molar-refractivity contribution in [3.63, 3.8) is 0 Å². The zero-order valence-electron chi connectivity index (χ0n) is 11.0. The van der Waals surface area contributed by atoms with Gasteiger partial charge in [-0.15, -0.1) is 0 Å². The molecule has 1 aliphatic carbocycles. The van der Waals surface area contributed by atoms with Crippen molar-refractivity contribution < 1.29 is 14.5 Å². The zero-order chi connectivity index (χ0) is 14.5. The van der Waals surface area contributed by atoms with Gasteiger partial charge in [-0.1, -0.05) is 24.4 Å². The van der Waals surface area contributed by atoms with Crippen LogP contribution in [0.3, 0.4) is 0 Å². The Bertz CT molecular complexity index is 510. The molecular weight excluding hydrogens is 282 g/mol. The van der Waals surface area contributed by atoms with Crippen molar-refractivity contribution >= 4 is 23.3 Å². The molecule has 1 aliphatic rings. The van der Waals surface area contributed by atoms with Crippen LogP contribution in [0.15, 0.2) is 18.2 Å². The van der Waals surface area contributed by atoms with Gasteiger partial charge in [0.1, 0.15) is 11.1 Å². The molecule has 1 aromatic carbocycles. The number of rotatable bonds is 3. The normalized spacial score (nSPS) is 16.4. The lowest BCUT2D eigenvalue weighted by Crippen LogP contribution is -2.17. The van der Waals surface area contributed by atoms with Crippen LogP contribution >= 0.6 is 11.6 Å². The summed E-state index contributed by atoms with van der Waals surface area (Å²) in [5.74, 6) is -0.517. The topological polar surface area (TPSA) is 69.4 Å². The summed E-state index contributed by atoms with van der Waals surface area (Å²) < 4.78 is 5.43. The van der Waals surface area contributed by atoms with Crippen molar-refractivity contribution in [1.82, 2.24) is 0 Å². The van der Waals surface area contributed by atoms with Gasteiger partial charge >= 0.3 is 5.97 Å². The lowest BCUT2D eigenvalue weighted by Gasteiger charge is -2.15. The third-order valence-electron chi connectivity index (χ3n) is 3.45. The number of esters is 1. The molecule has 0 spiro atoms. The summed E-state index contributed by atoms with van der Waals surface area (Å²) in [5, 5.41) is 10.8. The van der Waals surface area contributed by atoms with Crippen LogP contribution in [0.2, 0.25) is 5.02 Å². The monoisotopic (exact) mass is 297 g/mol. The highest BCUT2D eigenvalue weighted by Crippen LogP contribution is 2.26. The van der Waals surface area contributed by atoms with Crippen molar-refractivity contribution in [3.05, 3.63) is 38.9 Å². The summed E-state index contributed by atoms with van der Waals surface area (Å²) in [6, 6.07) is 3.97. The lowest BCUT2D eigenvalue weighted by molar-refractivity contribution is -0.384. The van der Waals surface area contributed by atoms with Crippen molar-refractivity contribution in [2.45, 2.75) is 44.6 Å². The zero-order valence-corrected chi connectivity index (χ0v) is 11.8. The van der Waals surface area contributed by atoms with Crippen molar-refractivity contribution in [3.8, 4) is 0 Å². The summed E-state index contributed by atoms with van der Waals surface area (Å²) in [7, 11) is 0. The molecule has 0 unspecified atom stereocenters. The Morgan fingerprint density at radius 2 is 1.90 bits per heavy atom. The molecule has 5 nitrogen and oxygen atoms in total. The van der Waals surface area contributed by atoms with Gasteiger partial charge < -0.3 is 4.74 Å². The lowest BCUT2D eigenvalue weighted by atomic mass is 10.1. The van der Waals surface area contributed by atoms with E-state index in [4.69, 9.17) is 16.3 Å². The second-order valence-electron chi connectivity index (χ2n) is 4.94. The van der Waals surface area contributed by atoms with E-state index in [0.717, 1.165) is 25.7 Å². The number of carbonyl (C=O) groups is 1. The molecule has 0 saturated heterocycles. The van der Waals surface area contributed by atoms with Crippen LogP contribution in [0.5, 0.6) is 0 Å². The summed E-state index contributed by atoms with van der Waals surface area (Å²) in [6.07, 6.45) is 6.08. The molecule has 0 atom stereocenters. The minimum atomic E-state index is -0.606. The minimum Gasteiger partial charge on any atom is -0.459 e. The Labute approximate surface area is 122 Å². The summed E-state index contributed by atoms with van der Waals surface area (Å²) in [5.41, 5.74) is -0.104. The molecule has 0 aromatic heterocycles. The van der Waals surface area contributed by atoms with Crippen molar-refractivity contribution in [2.24, 2.45) is 0 Å². The number of nitrogens with zero attached hydrogens (tertiary/aromatic N) is 1. The molecule has 1 aromatic rings. The molecule has 1 saturated carbocycles. The van der Waals surface area contributed by atoms with Gasteiger partial charge in [0.05, 0.1) is 10.5 Å². The largest absolute Gasteiger partial charge is 0.459 e. The van der Waals surface area contributed by atoms with Gasteiger partial charge in [-0.3, -0.25) is 10.1 Å². The van der Waals surface area contributed by atoms with Gasteiger partial charge in [-0.05, 0) is 37.8 Å². The summed E-state index contributed by atoms with van der Waals surface area (Å²) in [6.45, 7) is 0. The van der Waals surface area contributed by atoms with Crippen LogP contribution in [0.25, 0.3) is 0 Å². The Kier molecular flexibility index (Phi) is 4.95. The van der Waals surface area contributed by atoms with Crippen LogP contribution < -0.4 is 0 Å². The first kappa shape index (κ1) is 14.8. The average molecular weight is 298 g/mol. The minimum absolute atomic E-state index is 0.0148. The standard InChI is InChI=1S/C14H16ClNO4/c15-12-8-7-10(9-13(12)16(18)19)14(17)20-11-5-3-1-2-4-6-11/h7-9,11H,1-6H2. The predicted octanol–water partition coefficient (Wildman–Crippen LogP) is 4.13. The second-order valence-corrected chi connectivity index (χ2v) is 5.35. The molecule has 0 heterocycles. The van der Waals surface area contributed by atoms with Gasteiger partial charge in [0, 0.05) is 6.07 Å². The SMILES string of the molecule is O=C(OC1CCCCCC1)c1ccc(Cl)c([N+](=O)[O-])c1. The fraction of sp³-hybridized carbons (Fsp3) is 0.500. The first-order valence-corrected chi connectivity index (χ1v) is 7.10. The Balaban J connectivity index is 2.08. The van der Waals surface area contributed by atoms with E-state index in [2.05, 4.69) is 0 Å². The van der Waals surface area contributed by atoms with Crippen LogP contribution in [-0.4, -0.2) is 17.0 Å². The van der Waals surface area contributed by atoms with E-state index < -0.39 is 10.9 Å². The number of nitro groups is 1. The molecule has 0 radical (unpaired) electrons. The average Bonchev–Trinajstić information content (AvgIpc) is 2.67. The number of nitro benzene ring substituents is 1. The third kappa shape index (κ3) is 3.70. The maximum atomic E-state index is 12.0. The van der Waals surface area contributed by atoms with Crippen LogP contribution in [-0.2, 0) is 4.74 Å². The van der Waals surface area contributed by atoms with Gasteiger partial charge in [0.15, 0.2) is 0 Å². The fourth-order valence-electron chi connectivity index (χ4n) is 2.36. The van der Waals surface area contributed by atoms with E-state index in [1.165, 1.54) is 31.0 Å². The van der Waals surface area contributed by atoms with Gasteiger partial charge in [-0.2, -0.15) is 0 Å². The van der Waals surface area contributed by atoms with Gasteiger partial charge in [-0.25, -0.2) is 4.79 Å². The van der Waals surface area contributed by atoms with E-state index >= 15 is 0 Å². The van der Waals surface area contributed by atoms with Crippen LogP contribution in [0.4, 0.5) is 5.69 Å². The van der Waals surface area contributed by atoms with Crippen LogP contribution in [0, 0.1) is 10.1 Å². The number of halogens is 1. The quantitative estimate of drug-likeness (QED) is 0.364. The summed E-state index contributed by atoms with van der Waals surface area (Å²) in [4.78, 5) is 22.2. The maximum absolute atomic E-state index is 12.0. The molecule has 108 valence electrons. The van der Waals surface area contributed by atoms with Crippen molar-refractivity contribution in [2.75, 3.05) is 0 Å². The van der Waals surface area contributed by atoms with Crippen LogP contribution in [0.1, 0.15) is 48.9 Å². The molecular formula is C14H16ClNO4. The smallest absolute Gasteiger partial charge is 0.338 e. The summed E-state index contributed by atoms with van der Waals surface area (Å²) >= 11 is 5.72. The van der Waals surface area contributed by atoms with Crippen molar-refractivity contribution in [1.29, 1.82) is 0 Å². The van der Waals surface area contributed by atoms with E-state index in [0.29, 0.717) is 0 Å². The molecule has 0 aliphatic heterocycles. The van der Waals surface area contributed by atoms with Gasteiger partial charge in [0.25, 0.3) is 5.69 Å². The van der Waals surface area contributed by atoms with E-state index in [1.807, 2.05) is 0 Å². The number of hydrogen-bond donors (Lipinski definition) is 0. The number of carbonyl (C=O) groups excluding carboxylic acids is 1. The molecule has 0 amide bonds. The van der Waals surface area contributed by atoms with E-state index in [9.17, 15) is 14.9 Å². The molecule has 0 bridgehead atoms. The first-order valence-electron chi connectivity index (χ1n) is 6.73. The van der Waals surface area contributed by atoms with E-state index in [1.54, 1.807) is 0 Å². The number of ether oxygens (including phenoxy) is 1. The first-order chi connectivity index (χ1) is 9.58. The third-order valence-corrected chi connectivity index (χ3v) is 3.77. The Morgan fingerprint density at radius 3 is 2.50 bits per heavy atom. The molecule has 20 heavy (non-hydrogen) atoms. The highest BCUT2D eigenvalue weighted by Gasteiger charge is 2.21. The number of hydrogen-bond acceptors (Lipinski definition) is 4. The van der Waals surface area contributed by atoms with E-state index in [-0.39, 0.29) is 22.4 Å². The highest BCUT2D eigenvalue weighted by atomic mass is 35.5. The Morgan fingerprint density at radius 1 is 1.25 bits per heavy atom. The molecule has 2 rings (SSSR count). The predicted molar refractivity (Wildman–Crippen MR) is 75.0 cm³/mol.